The molecule has 0 rings (SSSR count). The van der Waals surface area contributed by atoms with Crippen LogP contribution >= 0.6 is 21.6 Å². The predicted molar refractivity (Wildman–Crippen MR) is 41.3 cm³/mol. The molecule has 0 saturated carbocycles. The fourth-order valence-electron chi connectivity index (χ4n) is 0.227. The van der Waals surface area contributed by atoms with Gasteiger partial charge in [-0.05, 0) is 6.26 Å². The average Bonchev–Trinajstić information content (AvgIpc) is 1.83. The van der Waals surface area contributed by atoms with Gasteiger partial charge in [-0.25, -0.2) is 0 Å². The third kappa shape index (κ3) is 4.53. The second-order valence-electron chi connectivity index (χ2n) is 1.32. The van der Waals surface area contributed by atoms with Crippen LogP contribution in [0.4, 0.5) is 0 Å². The van der Waals surface area contributed by atoms with Crippen molar-refractivity contribution in [2.24, 2.45) is 0 Å². The standard InChI is InChI=1S/C5H10OS2/c1-3-5(6)4-8-7-2/h3-4H2,1-2H3. The third-order valence-electron chi connectivity index (χ3n) is 0.732. The second-order valence-corrected chi connectivity index (χ2v) is 3.89. The summed E-state index contributed by atoms with van der Waals surface area (Å²) in [4.78, 5) is 10.5. The summed E-state index contributed by atoms with van der Waals surface area (Å²) in [5, 5.41) is 0. The van der Waals surface area contributed by atoms with Crippen LogP contribution in [-0.2, 0) is 4.79 Å². The van der Waals surface area contributed by atoms with E-state index >= 15 is 0 Å². The van der Waals surface area contributed by atoms with E-state index < -0.39 is 0 Å². The molecule has 0 N–H and O–H groups in total. The van der Waals surface area contributed by atoms with E-state index in [-0.39, 0.29) is 0 Å². The Hall–Kier alpha value is 0.370. The summed E-state index contributed by atoms with van der Waals surface area (Å²) in [6.07, 6.45) is 2.65. The summed E-state index contributed by atoms with van der Waals surface area (Å²) in [6, 6.07) is 0. The van der Waals surface area contributed by atoms with E-state index in [1.165, 1.54) is 0 Å². The Morgan fingerprint density at radius 1 is 1.62 bits per heavy atom. The molecule has 0 radical (unpaired) electrons. The van der Waals surface area contributed by atoms with Crippen molar-refractivity contribution in [3.63, 3.8) is 0 Å². The van der Waals surface area contributed by atoms with Crippen molar-refractivity contribution in [2.75, 3.05) is 12.0 Å². The number of hydrogen-bond acceptors (Lipinski definition) is 3. The lowest BCUT2D eigenvalue weighted by Gasteiger charge is -1.90. The van der Waals surface area contributed by atoms with Crippen LogP contribution in [0.2, 0.25) is 0 Å². The van der Waals surface area contributed by atoms with Crippen molar-refractivity contribution in [3.05, 3.63) is 0 Å². The normalized spacial score (nSPS) is 9.25. The topological polar surface area (TPSA) is 17.1 Å². The van der Waals surface area contributed by atoms with Crippen LogP contribution in [0, 0.1) is 0 Å². The van der Waals surface area contributed by atoms with Gasteiger partial charge in [0.15, 0.2) is 0 Å². The van der Waals surface area contributed by atoms with Gasteiger partial charge in [0.05, 0.1) is 5.75 Å². The summed E-state index contributed by atoms with van der Waals surface area (Å²) in [6.45, 7) is 1.89. The number of carbonyl (C=O) groups excluding carboxylic acids is 1. The molecular weight excluding hydrogens is 140 g/mol. The maximum atomic E-state index is 10.5. The van der Waals surface area contributed by atoms with E-state index in [4.69, 9.17) is 0 Å². The van der Waals surface area contributed by atoms with Gasteiger partial charge in [0.2, 0.25) is 0 Å². The Labute approximate surface area is 58.0 Å². The lowest BCUT2D eigenvalue weighted by molar-refractivity contribution is -0.116. The van der Waals surface area contributed by atoms with Gasteiger partial charge in [-0.3, -0.25) is 4.79 Å². The summed E-state index contributed by atoms with van der Waals surface area (Å²) in [5.41, 5.74) is 0. The molecule has 8 heavy (non-hydrogen) atoms. The van der Waals surface area contributed by atoms with Crippen LogP contribution in [-0.4, -0.2) is 17.8 Å². The number of ketones is 1. The SMILES string of the molecule is CCC(=O)CSSC. The Morgan fingerprint density at radius 3 is 2.62 bits per heavy atom. The molecule has 0 saturated heterocycles. The van der Waals surface area contributed by atoms with Gasteiger partial charge in [-0.1, -0.05) is 28.5 Å². The zero-order valence-electron chi connectivity index (χ0n) is 5.14. The smallest absolute Gasteiger partial charge is 0.143 e. The predicted octanol–water partition coefficient (Wildman–Crippen LogP) is 1.98. The zero-order valence-corrected chi connectivity index (χ0v) is 6.77. The molecule has 0 aliphatic rings. The van der Waals surface area contributed by atoms with Gasteiger partial charge >= 0.3 is 0 Å². The van der Waals surface area contributed by atoms with Gasteiger partial charge in [0.25, 0.3) is 0 Å². The van der Waals surface area contributed by atoms with Crippen LogP contribution in [0.1, 0.15) is 13.3 Å². The molecule has 3 heteroatoms. The average molecular weight is 150 g/mol. The molecule has 0 unspecified atom stereocenters. The van der Waals surface area contributed by atoms with Gasteiger partial charge in [0, 0.05) is 6.42 Å². The van der Waals surface area contributed by atoms with Crippen molar-refractivity contribution in [1.82, 2.24) is 0 Å². The lowest BCUT2D eigenvalue weighted by Crippen LogP contribution is -1.95. The maximum Gasteiger partial charge on any atom is 0.143 e. The molecule has 48 valence electrons. The molecule has 0 fully saturated rings. The molecule has 0 atom stereocenters. The number of carbonyl (C=O) groups is 1. The summed E-state index contributed by atoms with van der Waals surface area (Å²) in [7, 11) is 3.25. The van der Waals surface area contributed by atoms with E-state index in [1.807, 2.05) is 13.2 Å². The molecule has 0 spiro atoms. The van der Waals surface area contributed by atoms with Gasteiger partial charge in [0.1, 0.15) is 5.78 Å². The first kappa shape index (κ1) is 8.37. The van der Waals surface area contributed by atoms with Crippen molar-refractivity contribution in [1.29, 1.82) is 0 Å². The van der Waals surface area contributed by atoms with Gasteiger partial charge in [-0.2, -0.15) is 0 Å². The minimum absolute atomic E-state index is 0.337. The van der Waals surface area contributed by atoms with Crippen molar-refractivity contribution in [2.45, 2.75) is 13.3 Å². The minimum atomic E-state index is 0.337. The van der Waals surface area contributed by atoms with E-state index in [0.29, 0.717) is 18.0 Å². The first-order valence-electron chi connectivity index (χ1n) is 2.48. The summed E-state index contributed by atoms with van der Waals surface area (Å²) >= 11 is 0. The van der Waals surface area contributed by atoms with Crippen LogP contribution in [0.3, 0.4) is 0 Å². The number of rotatable bonds is 4. The molecule has 0 aliphatic carbocycles. The molecule has 0 aliphatic heterocycles. The fourth-order valence-corrected chi connectivity index (χ4v) is 1.43. The van der Waals surface area contributed by atoms with E-state index in [1.54, 1.807) is 21.6 Å². The minimum Gasteiger partial charge on any atom is -0.299 e. The zero-order chi connectivity index (χ0) is 6.41. The van der Waals surface area contributed by atoms with E-state index in [0.717, 1.165) is 0 Å². The molecule has 0 aromatic heterocycles. The number of Topliss-reactive ketones (excluding diaryl/α,β-unsaturated/α-hetero) is 1. The van der Waals surface area contributed by atoms with Crippen molar-refractivity contribution in [3.8, 4) is 0 Å². The first-order chi connectivity index (χ1) is 3.81. The molecule has 0 aromatic rings. The van der Waals surface area contributed by atoms with Crippen LogP contribution in [0.15, 0.2) is 0 Å². The van der Waals surface area contributed by atoms with E-state index in [2.05, 4.69) is 0 Å². The van der Waals surface area contributed by atoms with Crippen molar-refractivity contribution >= 4 is 27.4 Å². The Morgan fingerprint density at radius 2 is 2.25 bits per heavy atom. The Bertz CT molecular complexity index is 72.8. The molecule has 0 heterocycles. The second kappa shape index (κ2) is 5.51. The van der Waals surface area contributed by atoms with E-state index in [9.17, 15) is 4.79 Å². The summed E-state index contributed by atoms with van der Waals surface area (Å²) in [5.74, 6) is 1.00. The van der Waals surface area contributed by atoms with Gasteiger partial charge in [-0.15, -0.1) is 0 Å². The third-order valence-corrected chi connectivity index (χ3v) is 2.47. The highest BCUT2D eigenvalue weighted by Crippen LogP contribution is 2.16. The monoisotopic (exact) mass is 150 g/mol. The fraction of sp³-hybridized carbons (Fsp3) is 0.800. The quantitative estimate of drug-likeness (QED) is 0.570. The molecule has 1 nitrogen and oxygen atoms in total. The maximum absolute atomic E-state index is 10.5. The summed E-state index contributed by atoms with van der Waals surface area (Å²) < 4.78 is 0. The van der Waals surface area contributed by atoms with Crippen molar-refractivity contribution < 1.29 is 4.79 Å². The molecule has 0 amide bonds. The lowest BCUT2D eigenvalue weighted by atomic mass is 10.4. The molecular formula is C5H10OS2. The number of hydrogen-bond donors (Lipinski definition) is 0. The molecule has 0 bridgehead atoms. The highest BCUT2D eigenvalue weighted by molar-refractivity contribution is 8.76. The van der Waals surface area contributed by atoms with Crippen LogP contribution in [0.5, 0.6) is 0 Å². The largest absolute Gasteiger partial charge is 0.299 e. The van der Waals surface area contributed by atoms with Crippen LogP contribution in [0.25, 0.3) is 0 Å². The highest BCUT2D eigenvalue weighted by Gasteiger charge is 1.94. The Balaban J connectivity index is 2.99. The van der Waals surface area contributed by atoms with Crippen LogP contribution < -0.4 is 0 Å². The Kier molecular flexibility index (Phi) is 5.76. The first-order valence-corrected chi connectivity index (χ1v) is 5.21. The molecule has 0 aromatic carbocycles. The highest BCUT2D eigenvalue weighted by atomic mass is 33.1. The van der Waals surface area contributed by atoms with Gasteiger partial charge < -0.3 is 0 Å².